The van der Waals surface area contributed by atoms with Gasteiger partial charge in [-0.15, -0.1) is 10.2 Å². The van der Waals surface area contributed by atoms with Crippen LogP contribution in [0.15, 0.2) is 30.6 Å². The van der Waals surface area contributed by atoms with Gasteiger partial charge in [0.25, 0.3) is 0 Å². The molecule has 0 unspecified atom stereocenters. The van der Waals surface area contributed by atoms with E-state index in [1.807, 2.05) is 11.6 Å². The second-order valence-corrected chi connectivity index (χ2v) is 5.60. The first kappa shape index (κ1) is 13.1. The van der Waals surface area contributed by atoms with Gasteiger partial charge < -0.3 is 15.6 Å². The molecule has 0 saturated heterocycles. The summed E-state index contributed by atoms with van der Waals surface area (Å²) in [5.74, 6) is 0.889. The van der Waals surface area contributed by atoms with Crippen LogP contribution in [-0.4, -0.2) is 26.8 Å². The van der Waals surface area contributed by atoms with Gasteiger partial charge in [-0.25, -0.2) is 0 Å². The van der Waals surface area contributed by atoms with Gasteiger partial charge in [-0.2, -0.15) is 0 Å². The number of nitrogens with zero attached hydrogens (tertiary/aromatic N) is 3. The molecule has 0 amide bonds. The quantitative estimate of drug-likeness (QED) is 0.897. The Labute approximate surface area is 119 Å². The molecule has 1 aromatic heterocycles. The van der Waals surface area contributed by atoms with Gasteiger partial charge in [-0.3, -0.25) is 0 Å². The molecule has 0 atom stereocenters. The van der Waals surface area contributed by atoms with Crippen LogP contribution >= 0.6 is 0 Å². The lowest BCUT2D eigenvalue weighted by molar-refractivity contribution is 0.411. The normalized spacial score (nSPS) is 22.7. The van der Waals surface area contributed by atoms with Gasteiger partial charge in [-0.1, -0.05) is 0 Å². The first-order valence-electron chi connectivity index (χ1n) is 7.19. The number of benzene rings is 1. The van der Waals surface area contributed by atoms with Crippen molar-refractivity contribution in [3.8, 4) is 11.4 Å². The van der Waals surface area contributed by atoms with Gasteiger partial charge in [0.1, 0.15) is 6.33 Å². The number of aromatic nitrogens is 3. The van der Waals surface area contributed by atoms with E-state index in [2.05, 4.69) is 39.8 Å². The zero-order valence-corrected chi connectivity index (χ0v) is 11.8. The van der Waals surface area contributed by atoms with E-state index in [1.54, 1.807) is 6.33 Å². The van der Waals surface area contributed by atoms with Gasteiger partial charge >= 0.3 is 0 Å². The predicted molar refractivity (Wildman–Crippen MR) is 80.3 cm³/mol. The standard InChI is InChI=1S/C15H21N5/c1-20-10-17-19-15(20)11-2-6-13(7-3-11)18-14-8-4-12(16)5-9-14/h2-3,6-7,10,12,14,18H,4-5,8-9,16H2,1H3. The maximum atomic E-state index is 5.94. The average Bonchev–Trinajstić information content (AvgIpc) is 2.89. The molecule has 0 radical (unpaired) electrons. The van der Waals surface area contributed by atoms with E-state index in [1.165, 1.54) is 0 Å². The van der Waals surface area contributed by atoms with E-state index < -0.39 is 0 Å². The molecule has 0 bridgehead atoms. The Balaban J connectivity index is 1.66. The summed E-state index contributed by atoms with van der Waals surface area (Å²) in [5.41, 5.74) is 8.18. The number of anilines is 1. The van der Waals surface area contributed by atoms with Crippen LogP contribution in [-0.2, 0) is 7.05 Å². The smallest absolute Gasteiger partial charge is 0.163 e. The van der Waals surface area contributed by atoms with Gasteiger partial charge in [0.2, 0.25) is 0 Å². The van der Waals surface area contributed by atoms with E-state index in [4.69, 9.17) is 5.73 Å². The second-order valence-electron chi connectivity index (χ2n) is 5.60. The average molecular weight is 271 g/mol. The molecule has 1 saturated carbocycles. The molecule has 1 aromatic carbocycles. The summed E-state index contributed by atoms with van der Waals surface area (Å²) in [6, 6.07) is 9.33. The van der Waals surface area contributed by atoms with Crippen molar-refractivity contribution in [3.05, 3.63) is 30.6 Å². The molecule has 20 heavy (non-hydrogen) atoms. The lowest BCUT2D eigenvalue weighted by Gasteiger charge is -2.27. The van der Waals surface area contributed by atoms with Crippen molar-refractivity contribution in [3.63, 3.8) is 0 Å². The van der Waals surface area contributed by atoms with Crippen LogP contribution < -0.4 is 11.1 Å². The zero-order valence-electron chi connectivity index (χ0n) is 11.8. The largest absolute Gasteiger partial charge is 0.382 e. The molecule has 0 spiro atoms. The first-order chi connectivity index (χ1) is 9.72. The molecule has 1 heterocycles. The van der Waals surface area contributed by atoms with Crippen LogP contribution in [0.1, 0.15) is 25.7 Å². The number of nitrogens with one attached hydrogen (secondary N) is 1. The van der Waals surface area contributed by atoms with Gasteiger partial charge in [0, 0.05) is 30.4 Å². The minimum atomic E-state index is 0.395. The molecule has 1 fully saturated rings. The van der Waals surface area contributed by atoms with Gasteiger partial charge in [0.05, 0.1) is 0 Å². The predicted octanol–water partition coefficient (Wildman–Crippen LogP) is 2.16. The molecule has 3 rings (SSSR count). The monoisotopic (exact) mass is 271 g/mol. The Morgan fingerprint density at radius 2 is 1.85 bits per heavy atom. The summed E-state index contributed by atoms with van der Waals surface area (Å²) in [5, 5.41) is 11.6. The van der Waals surface area contributed by atoms with E-state index in [0.29, 0.717) is 12.1 Å². The molecule has 106 valence electrons. The molecular weight excluding hydrogens is 250 g/mol. The first-order valence-corrected chi connectivity index (χ1v) is 7.19. The highest BCUT2D eigenvalue weighted by molar-refractivity contribution is 5.59. The summed E-state index contributed by atoms with van der Waals surface area (Å²) in [4.78, 5) is 0. The Morgan fingerprint density at radius 3 is 2.45 bits per heavy atom. The molecule has 1 aliphatic rings. The third-order valence-electron chi connectivity index (χ3n) is 4.00. The minimum Gasteiger partial charge on any atom is -0.382 e. The number of nitrogens with two attached hydrogens (primary N) is 1. The van der Waals surface area contributed by atoms with E-state index >= 15 is 0 Å². The van der Waals surface area contributed by atoms with Crippen LogP contribution in [0.2, 0.25) is 0 Å². The summed E-state index contributed by atoms with van der Waals surface area (Å²) in [7, 11) is 1.95. The van der Waals surface area contributed by atoms with Gasteiger partial charge in [0.15, 0.2) is 5.82 Å². The Bertz CT molecular complexity index is 552. The minimum absolute atomic E-state index is 0.395. The molecule has 5 nitrogen and oxygen atoms in total. The van der Waals surface area contributed by atoms with Crippen molar-refractivity contribution in [2.24, 2.45) is 12.8 Å². The van der Waals surface area contributed by atoms with Crippen molar-refractivity contribution in [1.82, 2.24) is 14.8 Å². The fourth-order valence-corrected chi connectivity index (χ4v) is 2.76. The van der Waals surface area contributed by atoms with Crippen molar-refractivity contribution in [1.29, 1.82) is 0 Å². The van der Waals surface area contributed by atoms with Crippen LogP contribution in [0.4, 0.5) is 5.69 Å². The van der Waals surface area contributed by atoms with Crippen molar-refractivity contribution < 1.29 is 0 Å². The lowest BCUT2D eigenvalue weighted by atomic mass is 9.91. The third kappa shape index (κ3) is 2.82. The van der Waals surface area contributed by atoms with E-state index in [0.717, 1.165) is 42.8 Å². The topological polar surface area (TPSA) is 68.8 Å². The van der Waals surface area contributed by atoms with Crippen molar-refractivity contribution in [2.75, 3.05) is 5.32 Å². The number of aryl methyl sites for hydroxylation is 1. The summed E-state index contributed by atoms with van der Waals surface area (Å²) < 4.78 is 1.92. The fourth-order valence-electron chi connectivity index (χ4n) is 2.76. The van der Waals surface area contributed by atoms with Gasteiger partial charge in [-0.05, 0) is 49.9 Å². The Kier molecular flexibility index (Phi) is 3.69. The number of hydrogen-bond acceptors (Lipinski definition) is 4. The fraction of sp³-hybridized carbons (Fsp3) is 0.467. The molecule has 5 heteroatoms. The SMILES string of the molecule is Cn1cnnc1-c1ccc(NC2CCC(N)CC2)cc1. The summed E-state index contributed by atoms with van der Waals surface area (Å²) >= 11 is 0. The third-order valence-corrected chi connectivity index (χ3v) is 4.00. The van der Waals surface area contributed by atoms with Crippen molar-refractivity contribution >= 4 is 5.69 Å². The molecule has 2 aromatic rings. The highest BCUT2D eigenvalue weighted by Crippen LogP contribution is 2.23. The maximum absolute atomic E-state index is 5.94. The molecule has 0 aliphatic heterocycles. The van der Waals surface area contributed by atoms with E-state index in [9.17, 15) is 0 Å². The van der Waals surface area contributed by atoms with Crippen LogP contribution in [0.5, 0.6) is 0 Å². The van der Waals surface area contributed by atoms with Crippen LogP contribution in [0.3, 0.4) is 0 Å². The number of hydrogen-bond donors (Lipinski definition) is 2. The Hall–Kier alpha value is -1.88. The summed E-state index contributed by atoms with van der Waals surface area (Å²) in [6.45, 7) is 0. The van der Waals surface area contributed by atoms with Crippen LogP contribution in [0.25, 0.3) is 11.4 Å². The van der Waals surface area contributed by atoms with Crippen LogP contribution in [0, 0.1) is 0 Å². The molecule has 1 aliphatic carbocycles. The molecular formula is C15H21N5. The zero-order chi connectivity index (χ0) is 13.9. The summed E-state index contributed by atoms with van der Waals surface area (Å²) in [6.07, 6.45) is 6.27. The maximum Gasteiger partial charge on any atom is 0.163 e. The highest BCUT2D eigenvalue weighted by atomic mass is 15.2. The number of rotatable bonds is 3. The van der Waals surface area contributed by atoms with Crippen molar-refractivity contribution in [2.45, 2.75) is 37.8 Å². The highest BCUT2D eigenvalue weighted by Gasteiger charge is 2.18. The second kappa shape index (κ2) is 5.63. The lowest BCUT2D eigenvalue weighted by Crippen LogP contribution is -2.32. The molecule has 3 N–H and O–H groups in total. The van der Waals surface area contributed by atoms with E-state index in [-0.39, 0.29) is 0 Å². The Morgan fingerprint density at radius 1 is 1.15 bits per heavy atom.